The molecule has 0 radical (unpaired) electrons. The van der Waals surface area contributed by atoms with Crippen LogP contribution in [0.2, 0.25) is 0 Å². The average molecular weight is 662 g/mol. The Morgan fingerprint density at radius 3 is 1.55 bits per heavy atom. The zero-order valence-corrected chi connectivity index (χ0v) is 27.7. The minimum atomic E-state index is -1.09. The number of rotatable bonds is 4. The molecule has 5 heterocycles. The van der Waals surface area contributed by atoms with E-state index < -0.39 is 34.2 Å². The van der Waals surface area contributed by atoms with Gasteiger partial charge in [0, 0.05) is 49.1 Å². The van der Waals surface area contributed by atoms with Crippen LogP contribution in [0.15, 0.2) is 24.3 Å². The molecule has 49 heavy (non-hydrogen) atoms. The van der Waals surface area contributed by atoms with Crippen LogP contribution < -0.4 is 9.47 Å². The largest absolute Gasteiger partial charge is 0.504 e. The number of aromatic hydroxyl groups is 2. The number of aromatic nitrogens is 1. The molecule has 1 aromatic heterocycles. The molecule has 2 spiro atoms. The van der Waals surface area contributed by atoms with Crippen molar-refractivity contribution >= 4 is 0 Å². The number of hydrogen-bond acceptors (Lipinski definition) is 8. The average Bonchev–Trinajstić information content (AvgIpc) is 3.98. The first-order valence-electron chi connectivity index (χ1n) is 19.0. The number of likely N-dealkylation sites (tertiary alicyclic amines) is 2. The Kier molecular flexibility index (Phi) is 4.64. The van der Waals surface area contributed by atoms with Gasteiger partial charge in [-0.1, -0.05) is 12.1 Å². The molecule has 2 saturated heterocycles. The van der Waals surface area contributed by atoms with E-state index in [0.29, 0.717) is 36.2 Å². The fraction of sp³-hybridized carbons (Fsp3) is 0.600. The van der Waals surface area contributed by atoms with Gasteiger partial charge >= 0.3 is 0 Å². The molecule has 4 aliphatic heterocycles. The smallest absolute Gasteiger partial charge is 0.166 e. The molecule has 0 amide bonds. The van der Waals surface area contributed by atoms with Gasteiger partial charge in [-0.25, -0.2) is 0 Å². The second-order valence-corrected chi connectivity index (χ2v) is 17.8. The third kappa shape index (κ3) is 2.87. The van der Waals surface area contributed by atoms with E-state index in [0.717, 1.165) is 85.5 Å². The normalized spacial score (nSPS) is 41.3. The van der Waals surface area contributed by atoms with Crippen LogP contribution in [-0.4, -0.2) is 84.7 Å². The van der Waals surface area contributed by atoms with Gasteiger partial charge in [0.15, 0.2) is 35.2 Å². The molecule has 2 saturated carbocycles. The Morgan fingerprint density at radius 1 is 0.673 bits per heavy atom. The van der Waals surface area contributed by atoms with Gasteiger partial charge in [-0.05, 0) is 111 Å². The van der Waals surface area contributed by atoms with E-state index in [-0.39, 0.29) is 23.6 Å². The summed E-state index contributed by atoms with van der Waals surface area (Å²) in [4.78, 5) is 9.05. The van der Waals surface area contributed by atoms with Crippen molar-refractivity contribution in [1.82, 2.24) is 14.8 Å². The molecule has 2 aromatic carbocycles. The van der Waals surface area contributed by atoms with E-state index in [1.165, 1.54) is 36.8 Å². The number of aromatic amines is 1. The van der Waals surface area contributed by atoms with Gasteiger partial charge in [0.1, 0.15) is 0 Å². The van der Waals surface area contributed by atoms with E-state index in [2.05, 4.69) is 26.9 Å². The van der Waals surface area contributed by atoms with Crippen molar-refractivity contribution < 1.29 is 29.9 Å². The fourth-order valence-corrected chi connectivity index (χ4v) is 13.4. The summed E-state index contributed by atoms with van der Waals surface area (Å²) in [5, 5.41) is 49.4. The van der Waals surface area contributed by atoms with Crippen molar-refractivity contribution in [3.8, 4) is 23.0 Å². The lowest BCUT2D eigenvalue weighted by atomic mass is 9.47. The summed E-state index contributed by atoms with van der Waals surface area (Å²) >= 11 is 0. The first-order valence-corrected chi connectivity index (χ1v) is 19.0. The van der Waals surface area contributed by atoms with Crippen LogP contribution >= 0.6 is 0 Å². The number of nitrogens with one attached hydrogen (secondary N) is 1. The highest BCUT2D eigenvalue weighted by molar-refractivity contribution is 5.68. The maximum atomic E-state index is 13.5. The van der Waals surface area contributed by atoms with Crippen molar-refractivity contribution in [2.75, 3.05) is 26.2 Å². The zero-order chi connectivity index (χ0) is 32.4. The molecular weight excluding hydrogens is 618 g/mol. The van der Waals surface area contributed by atoms with Crippen LogP contribution in [-0.2, 0) is 36.5 Å². The van der Waals surface area contributed by atoms with Gasteiger partial charge in [0.25, 0.3) is 0 Å². The predicted octanol–water partition coefficient (Wildman–Crippen LogP) is 3.82. The Labute approximate surface area is 284 Å². The molecule has 4 fully saturated rings. The molecule has 8 atom stereocenters. The topological polar surface area (TPSA) is 122 Å². The number of H-pyrrole nitrogens is 1. The van der Waals surface area contributed by atoms with E-state index in [1.807, 2.05) is 0 Å². The van der Waals surface area contributed by atoms with E-state index in [4.69, 9.17) is 9.47 Å². The summed E-state index contributed by atoms with van der Waals surface area (Å²) in [5.74, 6) is 2.77. The van der Waals surface area contributed by atoms with Crippen LogP contribution in [0.5, 0.6) is 23.0 Å². The Balaban J connectivity index is 1.03. The number of aliphatic hydroxyl groups is 2. The van der Waals surface area contributed by atoms with Crippen LogP contribution in [0.3, 0.4) is 0 Å². The van der Waals surface area contributed by atoms with Crippen molar-refractivity contribution in [3.63, 3.8) is 0 Å². The van der Waals surface area contributed by atoms with Crippen molar-refractivity contribution in [3.05, 3.63) is 69.0 Å². The molecule has 6 aliphatic carbocycles. The number of nitrogens with zero attached hydrogens (tertiary/aromatic N) is 2. The molecular formula is C40H43N3O6. The molecule has 254 valence electrons. The van der Waals surface area contributed by atoms with Crippen LogP contribution in [0.25, 0.3) is 0 Å². The fourth-order valence-electron chi connectivity index (χ4n) is 13.4. The molecule has 13 rings (SSSR count). The van der Waals surface area contributed by atoms with Gasteiger partial charge in [-0.3, -0.25) is 9.80 Å². The number of fused-ring (bicyclic) bond motifs is 5. The van der Waals surface area contributed by atoms with Gasteiger partial charge in [-0.15, -0.1) is 0 Å². The van der Waals surface area contributed by atoms with E-state index >= 15 is 0 Å². The molecule has 4 bridgehead atoms. The summed E-state index contributed by atoms with van der Waals surface area (Å²) in [6.45, 7) is 3.84. The van der Waals surface area contributed by atoms with Crippen molar-refractivity contribution in [1.29, 1.82) is 0 Å². The monoisotopic (exact) mass is 661 g/mol. The van der Waals surface area contributed by atoms with Crippen LogP contribution in [0.4, 0.5) is 0 Å². The summed E-state index contributed by atoms with van der Waals surface area (Å²) < 4.78 is 13.9. The zero-order valence-electron chi connectivity index (χ0n) is 27.7. The Hall–Kier alpha value is -3.24. The van der Waals surface area contributed by atoms with Gasteiger partial charge in [0.2, 0.25) is 0 Å². The highest BCUT2D eigenvalue weighted by Crippen LogP contribution is 2.72. The third-order valence-corrected chi connectivity index (χ3v) is 15.7. The maximum absolute atomic E-state index is 13.5. The molecule has 9 nitrogen and oxygen atoms in total. The second kappa shape index (κ2) is 8.28. The Morgan fingerprint density at radius 2 is 1.12 bits per heavy atom. The number of hydrogen-bond donors (Lipinski definition) is 5. The van der Waals surface area contributed by atoms with Gasteiger partial charge < -0.3 is 34.9 Å². The number of piperidine rings is 2. The summed E-state index contributed by atoms with van der Waals surface area (Å²) in [6, 6.07) is 7.56. The molecule has 9 heteroatoms. The number of phenols is 2. The highest BCUT2D eigenvalue weighted by Gasteiger charge is 2.76. The van der Waals surface area contributed by atoms with E-state index in [1.54, 1.807) is 12.1 Å². The van der Waals surface area contributed by atoms with Crippen LogP contribution in [0.1, 0.15) is 95.5 Å². The second-order valence-electron chi connectivity index (χ2n) is 17.8. The lowest BCUT2D eigenvalue weighted by Gasteiger charge is -2.63. The van der Waals surface area contributed by atoms with Crippen LogP contribution in [0, 0.1) is 11.8 Å². The number of phenolic OH excluding ortho intramolecular Hbond substituents is 2. The first-order chi connectivity index (χ1) is 23.7. The van der Waals surface area contributed by atoms with E-state index in [9.17, 15) is 20.4 Å². The summed E-state index contributed by atoms with van der Waals surface area (Å²) in [7, 11) is 0. The quantitative estimate of drug-likeness (QED) is 0.286. The summed E-state index contributed by atoms with van der Waals surface area (Å²) in [5.41, 5.74) is 4.93. The lowest BCUT2D eigenvalue weighted by molar-refractivity contribution is -0.176. The predicted molar refractivity (Wildman–Crippen MR) is 177 cm³/mol. The standard InChI is InChI=1S/C40H43N3O6/c44-25-7-5-21-13-27-39(46)15-23-24-16-40(47)28-14-22-6-8-26(45)34-30(22)38(40,10-12-43(28)18-20-3-4-20)36(49-34)32(24)41-31(23)35-37(39,29(21)33(25)48-35)9-11-42(27)17-19-1-2-19/h5-8,19-20,27-28,35-36,41,44-47H,1-4,9-18H2/t27-,28?,35?,36+,37+,38?,39?,40?/m1/s1. The Bertz CT molecular complexity index is 1910. The maximum Gasteiger partial charge on any atom is 0.166 e. The van der Waals surface area contributed by atoms with Gasteiger partial charge in [0.05, 0.1) is 33.4 Å². The molecule has 3 aromatic rings. The minimum absolute atomic E-state index is 0.0535. The first kappa shape index (κ1) is 27.5. The SMILES string of the molecule is Oc1ccc2c3c1O[C@H]1c4[nH]c5c(c4CC4(O)C(C2)N(CC2CC2)CCC314)CC1(O)[C@H]2Cc3ccc(O)c4c3[C@@]1(CCN2CC1CC1)C5O4. The number of ether oxygens (including phenoxy) is 2. The molecule has 5 N–H and O–H groups in total. The van der Waals surface area contributed by atoms with Crippen molar-refractivity contribution in [2.24, 2.45) is 11.8 Å². The third-order valence-electron chi connectivity index (χ3n) is 15.7. The summed E-state index contributed by atoms with van der Waals surface area (Å²) in [6.07, 6.45) is 8.06. The molecule has 5 unspecified atom stereocenters. The minimum Gasteiger partial charge on any atom is -0.504 e. The lowest BCUT2D eigenvalue weighted by Crippen LogP contribution is -2.75. The highest BCUT2D eigenvalue weighted by atomic mass is 16.5. The molecule has 10 aliphatic rings. The number of benzene rings is 2. The van der Waals surface area contributed by atoms with Gasteiger partial charge in [-0.2, -0.15) is 0 Å². The van der Waals surface area contributed by atoms with Crippen molar-refractivity contribution in [2.45, 2.75) is 111 Å².